The van der Waals surface area contributed by atoms with Gasteiger partial charge in [0, 0.05) is 11.7 Å². The number of nitrogen functional groups attached to an aromatic ring is 1. The van der Waals surface area contributed by atoms with Crippen LogP contribution in [0.1, 0.15) is 49.9 Å². The molecule has 0 aliphatic heterocycles. The largest absolute Gasteiger partial charge is 0.496 e. The van der Waals surface area contributed by atoms with Gasteiger partial charge in [0.1, 0.15) is 11.3 Å². The summed E-state index contributed by atoms with van der Waals surface area (Å²) in [5, 5.41) is 3.14. The van der Waals surface area contributed by atoms with Crippen molar-refractivity contribution >= 4 is 11.6 Å². The molecule has 0 aromatic heterocycles. The van der Waals surface area contributed by atoms with E-state index in [2.05, 4.69) is 19.2 Å². The van der Waals surface area contributed by atoms with Crippen LogP contribution in [-0.2, 0) is 0 Å². The zero-order valence-electron chi connectivity index (χ0n) is 12.5. The summed E-state index contributed by atoms with van der Waals surface area (Å²) < 4.78 is 5.25. The second-order valence-corrected chi connectivity index (χ2v) is 6.18. The van der Waals surface area contributed by atoms with Gasteiger partial charge in [-0.3, -0.25) is 4.79 Å². The number of benzene rings is 1. The van der Waals surface area contributed by atoms with Gasteiger partial charge in [-0.05, 0) is 30.4 Å². The summed E-state index contributed by atoms with van der Waals surface area (Å²) in [5.41, 5.74) is 6.95. The Morgan fingerprint density at radius 1 is 1.40 bits per heavy atom. The second-order valence-electron chi connectivity index (χ2n) is 6.18. The maximum Gasteiger partial charge on any atom is 0.257 e. The van der Waals surface area contributed by atoms with E-state index in [0.29, 0.717) is 17.0 Å². The fourth-order valence-corrected chi connectivity index (χ4v) is 2.95. The van der Waals surface area contributed by atoms with Gasteiger partial charge >= 0.3 is 0 Å². The predicted octanol–water partition coefficient (Wildman–Crippen LogP) is 2.98. The van der Waals surface area contributed by atoms with Crippen molar-refractivity contribution in [1.29, 1.82) is 0 Å². The lowest BCUT2D eigenvalue weighted by Gasteiger charge is -2.39. The monoisotopic (exact) mass is 276 g/mol. The molecule has 1 saturated carbocycles. The molecule has 1 unspecified atom stereocenters. The van der Waals surface area contributed by atoms with E-state index in [1.165, 1.54) is 6.42 Å². The normalized spacial score (nSPS) is 21.2. The van der Waals surface area contributed by atoms with Gasteiger partial charge in [-0.2, -0.15) is 0 Å². The highest BCUT2D eigenvalue weighted by Gasteiger charge is 2.34. The van der Waals surface area contributed by atoms with Crippen LogP contribution in [0.3, 0.4) is 0 Å². The van der Waals surface area contributed by atoms with Crippen molar-refractivity contribution in [2.24, 2.45) is 5.41 Å². The number of amides is 1. The molecule has 3 N–H and O–H groups in total. The van der Waals surface area contributed by atoms with Gasteiger partial charge in [0.25, 0.3) is 5.91 Å². The van der Waals surface area contributed by atoms with E-state index in [1.54, 1.807) is 25.3 Å². The number of hydrogen-bond donors (Lipinski definition) is 2. The molecule has 1 atom stereocenters. The predicted molar refractivity (Wildman–Crippen MR) is 80.9 cm³/mol. The summed E-state index contributed by atoms with van der Waals surface area (Å²) in [6, 6.07) is 5.46. The third-order valence-electron chi connectivity index (χ3n) is 4.32. The first-order valence-electron chi connectivity index (χ1n) is 7.19. The molecule has 1 aliphatic rings. The van der Waals surface area contributed by atoms with E-state index in [0.717, 1.165) is 19.3 Å². The smallest absolute Gasteiger partial charge is 0.257 e. The van der Waals surface area contributed by atoms with Crippen molar-refractivity contribution in [3.8, 4) is 5.75 Å². The summed E-state index contributed by atoms with van der Waals surface area (Å²) in [6.45, 7) is 4.42. The van der Waals surface area contributed by atoms with Crippen LogP contribution in [0.4, 0.5) is 5.69 Å². The van der Waals surface area contributed by atoms with E-state index in [-0.39, 0.29) is 17.4 Å². The van der Waals surface area contributed by atoms with Crippen LogP contribution in [0.15, 0.2) is 18.2 Å². The number of carbonyl (C=O) groups excluding carboxylic acids is 1. The summed E-state index contributed by atoms with van der Waals surface area (Å²) in [5.74, 6) is 0.385. The molecule has 4 heteroatoms. The quantitative estimate of drug-likeness (QED) is 0.834. The Balaban J connectivity index is 2.20. The summed E-state index contributed by atoms with van der Waals surface area (Å²) in [4.78, 5) is 12.5. The minimum absolute atomic E-state index is 0.130. The van der Waals surface area contributed by atoms with Gasteiger partial charge in [0.05, 0.1) is 7.11 Å². The Morgan fingerprint density at radius 2 is 2.15 bits per heavy atom. The number of anilines is 1. The molecule has 20 heavy (non-hydrogen) atoms. The molecular weight excluding hydrogens is 252 g/mol. The van der Waals surface area contributed by atoms with E-state index in [9.17, 15) is 4.79 Å². The lowest BCUT2D eigenvalue weighted by Crippen LogP contribution is -2.47. The fraction of sp³-hybridized carbons (Fsp3) is 0.562. The summed E-state index contributed by atoms with van der Waals surface area (Å²) in [7, 11) is 1.55. The molecule has 2 rings (SSSR count). The first-order valence-corrected chi connectivity index (χ1v) is 7.19. The van der Waals surface area contributed by atoms with Crippen LogP contribution < -0.4 is 15.8 Å². The van der Waals surface area contributed by atoms with Gasteiger partial charge in [-0.15, -0.1) is 0 Å². The van der Waals surface area contributed by atoms with Crippen molar-refractivity contribution in [1.82, 2.24) is 5.32 Å². The topological polar surface area (TPSA) is 64.3 Å². The first kappa shape index (κ1) is 14.7. The Morgan fingerprint density at radius 3 is 2.80 bits per heavy atom. The highest BCUT2D eigenvalue weighted by molar-refractivity contribution is 6.02. The Hall–Kier alpha value is -1.71. The van der Waals surface area contributed by atoms with Crippen LogP contribution >= 0.6 is 0 Å². The minimum Gasteiger partial charge on any atom is -0.496 e. The van der Waals surface area contributed by atoms with Crippen molar-refractivity contribution in [3.63, 3.8) is 0 Å². The van der Waals surface area contributed by atoms with Gasteiger partial charge in [0.15, 0.2) is 0 Å². The zero-order chi connectivity index (χ0) is 14.8. The number of nitrogens with one attached hydrogen (secondary N) is 1. The van der Waals surface area contributed by atoms with Crippen molar-refractivity contribution in [2.45, 2.75) is 45.6 Å². The number of ether oxygens (including phenoxy) is 1. The number of methoxy groups -OCH3 is 1. The van der Waals surface area contributed by atoms with E-state index in [1.807, 2.05) is 0 Å². The van der Waals surface area contributed by atoms with Crippen molar-refractivity contribution < 1.29 is 9.53 Å². The maximum absolute atomic E-state index is 12.5. The Labute approximate surface area is 120 Å². The SMILES string of the molecule is COc1cccc(N)c1C(=O)NC1CCCCC1(C)C. The summed E-state index contributed by atoms with van der Waals surface area (Å²) in [6.07, 6.45) is 4.55. The van der Waals surface area contributed by atoms with Crippen LogP contribution in [-0.4, -0.2) is 19.1 Å². The number of carbonyl (C=O) groups is 1. The minimum atomic E-state index is -0.139. The lowest BCUT2D eigenvalue weighted by atomic mass is 9.73. The molecule has 1 aromatic rings. The van der Waals surface area contributed by atoms with Crippen LogP contribution in [0.25, 0.3) is 0 Å². The lowest BCUT2D eigenvalue weighted by molar-refractivity contribution is 0.0851. The van der Waals surface area contributed by atoms with E-state index >= 15 is 0 Å². The van der Waals surface area contributed by atoms with Gasteiger partial charge in [-0.25, -0.2) is 0 Å². The molecule has 4 nitrogen and oxygen atoms in total. The standard InChI is InChI=1S/C16H24N2O2/c1-16(2)10-5-4-9-13(16)18-15(19)14-11(17)7-6-8-12(14)20-3/h6-8,13H,4-5,9-10,17H2,1-3H3,(H,18,19). The molecule has 0 heterocycles. The molecule has 1 aromatic carbocycles. The summed E-state index contributed by atoms with van der Waals surface area (Å²) >= 11 is 0. The van der Waals surface area contributed by atoms with Gasteiger partial charge in [-0.1, -0.05) is 32.8 Å². The molecule has 0 bridgehead atoms. The molecule has 110 valence electrons. The molecule has 0 radical (unpaired) electrons. The third-order valence-corrected chi connectivity index (χ3v) is 4.32. The van der Waals surface area contributed by atoms with E-state index < -0.39 is 0 Å². The Kier molecular flexibility index (Phi) is 4.21. The Bertz CT molecular complexity index is 497. The number of hydrogen-bond acceptors (Lipinski definition) is 3. The molecule has 0 spiro atoms. The molecule has 1 fully saturated rings. The van der Waals surface area contributed by atoms with Gasteiger partial charge in [0.2, 0.25) is 0 Å². The van der Waals surface area contributed by atoms with Crippen molar-refractivity contribution in [2.75, 3.05) is 12.8 Å². The van der Waals surface area contributed by atoms with Crippen LogP contribution in [0.2, 0.25) is 0 Å². The maximum atomic E-state index is 12.5. The average Bonchev–Trinajstić information content (AvgIpc) is 2.40. The van der Waals surface area contributed by atoms with Gasteiger partial charge < -0.3 is 15.8 Å². The first-order chi connectivity index (χ1) is 9.45. The number of nitrogens with two attached hydrogens (primary N) is 1. The number of rotatable bonds is 3. The van der Waals surface area contributed by atoms with E-state index in [4.69, 9.17) is 10.5 Å². The van der Waals surface area contributed by atoms with Crippen LogP contribution in [0.5, 0.6) is 5.75 Å². The molecule has 0 saturated heterocycles. The highest BCUT2D eigenvalue weighted by atomic mass is 16.5. The zero-order valence-corrected chi connectivity index (χ0v) is 12.5. The third kappa shape index (κ3) is 2.89. The highest BCUT2D eigenvalue weighted by Crippen LogP contribution is 2.36. The fourth-order valence-electron chi connectivity index (χ4n) is 2.95. The van der Waals surface area contributed by atoms with Crippen molar-refractivity contribution in [3.05, 3.63) is 23.8 Å². The molecule has 1 aliphatic carbocycles. The molecular formula is C16H24N2O2. The van der Waals surface area contributed by atoms with Crippen LogP contribution in [0, 0.1) is 5.41 Å². The average molecular weight is 276 g/mol. The second kappa shape index (κ2) is 5.73. The molecule has 1 amide bonds.